The van der Waals surface area contributed by atoms with E-state index in [1.165, 1.54) is 12.8 Å². The number of amides is 1. The Kier molecular flexibility index (Phi) is 6.03. The van der Waals surface area contributed by atoms with Gasteiger partial charge in [0.05, 0.1) is 5.69 Å². The fourth-order valence-corrected chi connectivity index (χ4v) is 3.18. The number of hydrogen-bond acceptors (Lipinski definition) is 4. The number of nitrogens with one attached hydrogen (secondary N) is 1. The van der Waals surface area contributed by atoms with Gasteiger partial charge >= 0.3 is 0 Å². The van der Waals surface area contributed by atoms with Crippen molar-refractivity contribution in [1.29, 1.82) is 0 Å². The van der Waals surface area contributed by atoms with E-state index in [0.29, 0.717) is 10.5 Å². The van der Waals surface area contributed by atoms with Crippen molar-refractivity contribution in [3.63, 3.8) is 0 Å². The van der Waals surface area contributed by atoms with Crippen LogP contribution in [0.25, 0.3) is 0 Å². The van der Waals surface area contributed by atoms with Crippen LogP contribution in [0.15, 0.2) is 22.0 Å². The molecule has 1 fully saturated rings. The molecule has 1 aromatic rings. The van der Waals surface area contributed by atoms with Gasteiger partial charge in [-0.15, -0.1) is 12.6 Å². The lowest BCUT2D eigenvalue weighted by molar-refractivity contribution is 0.0937. The van der Waals surface area contributed by atoms with Crippen LogP contribution < -0.4 is 5.32 Å². The summed E-state index contributed by atoms with van der Waals surface area (Å²) in [6.45, 7) is 3.75. The second kappa shape index (κ2) is 7.79. The van der Waals surface area contributed by atoms with Gasteiger partial charge in [0.2, 0.25) is 0 Å². The molecule has 120 valence electrons. The van der Waals surface area contributed by atoms with Crippen LogP contribution in [-0.4, -0.2) is 29.9 Å². The molecule has 1 saturated carbocycles. The first-order chi connectivity index (χ1) is 10.6. The smallest absolute Gasteiger partial charge is 0.251 e. The maximum atomic E-state index is 12.4. The highest BCUT2D eigenvalue weighted by Gasteiger charge is 2.20. The molecule has 2 rings (SSSR count). The number of carbonyl (C=O) groups is 1. The van der Waals surface area contributed by atoms with E-state index < -0.39 is 0 Å². The molecule has 2 N–H and O–H groups in total. The third kappa shape index (κ3) is 3.90. The van der Waals surface area contributed by atoms with Gasteiger partial charge in [0.1, 0.15) is 0 Å². The van der Waals surface area contributed by atoms with Gasteiger partial charge in [-0.25, -0.2) is 0 Å². The van der Waals surface area contributed by atoms with Crippen LogP contribution in [0.4, 0.5) is 5.69 Å². The van der Waals surface area contributed by atoms with Crippen molar-refractivity contribution in [3.8, 4) is 0 Å². The fraction of sp³-hybridized carbons (Fsp3) is 0.529. The van der Waals surface area contributed by atoms with Crippen molar-refractivity contribution in [1.82, 2.24) is 5.32 Å². The molecule has 1 aliphatic carbocycles. The lowest BCUT2D eigenvalue weighted by atomic mass is 9.97. The van der Waals surface area contributed by atoms with Crippen LogP contribution in [0.5, 0.6) is 0 Å². The largest absolute Gasteiger partial charge is 0.396 e. The number of nitrogens with zero attached hydrogens (tertiary/aromatic N) is 1. The van der Waals surface area contributed by atoms with Crippen molar-refractivity contribution in [2.45, 2.75) is 56.4 Å². The Balaban J connectivity index is 2.31. The summed E-state index contributed by atoms with van der Waals surface area (Å²) in [5, 5.41) is 12.5. The minimum atomic E-state index is -0.0937. The van der Waals surface area contributed by atoms with E-state index in [-0.39, 0.29) is 24.5 Å². The molecule has 4 nitrogen and oxygen atoms in total. The predicted octanol–water partition coefficient (Wildman–Crippen LogP) is 3.47. The number of carbonyl (C=O) groups excluding carboxylic acids is 1. The zero-order valence-electron chi connectivity index (χ0n) is 13.2. The van der Waals surface area contributed by atoms with Gasteiger partial charge in [-0.05, 0) is 37.5 Å². The lowest BCUT2D eigenvalue weighted by Crippen LogP contribution is -2.32. The van der Waals surface area contributed by atoms with Crippen LogP contribution >= 0.6 is 12.6 Å². The molecule has 1 amide bonds. The first-order valence-corrected chi connectivity index (χ1v) is 8.28. The van der Waals surface area contributed by atoms with E-state index in [4.69, 9.17) is 0 Å². The highest BCUT2D eigenvalue weighted by molar-refractivity contribution is 7.80. The quantitative estimate of drug-likeness (QED) is 0.575. The molecule has 0 saturated heterocycles. The Morgan fingerprint density at radius 2 is 2.18 bits per heavy atom. The van der Waals surface area contributed by atoms with Crippen molar-refractivity contribution in [2.24, 2.45) is 4.99 Å². The second-order valence-electron chi connectivity index (χ2n) is 5.86. The second-order valence-corrected chi connectivity index (χ2v) is 6.34. The topological polar surface area (TPSA) is 61.7 Å². The third-order valence-electron chi connectivity index (χ3n) is 4.13. The summed E-state index contributed by atoms with van der Waals surface area (Å²) in [6.07, 6.45) is 6.16. The molecule has 0 spiro atoms. The molecule has 1 unspecified atom stereocenters. The van der Waals surface area contributed by atoms with Gasteiger partial charge in [-0.1, -0.05) is 19.8 Å². The first kappa shape index (κ1) is 17.0. The molecule has 0 aliphatic heterocycles. The van der Waals surface area contributed by atoms with Crippen molar-refractivity contribution >= 4 is 30.4 Å². The van der Waals surface area contributed by atoms with Crippen molar-refractivity contribution in [3.05, 3.63) is 23.3 Å². The summed E-state index contributed by atoms with van der Waals surface area (Å²) in [5.41, 5.74) is 2.16. The zero-order chi connectivity index (χ0) is 16.1. The van der Waals surface area contributed by atoms with E-state index in [2.05, 4.69) is 22.9 Å². The molecule has 5 heteroatoms. The normalized spacial score (nSPS) is 17.1. The number of aliphatic hydroxyl groups excluding tert-OH is 1. The Labute approximate surface area is 137 Å². The monoisotopic (exact) mass is 320 g/mol. The number of aliphatic hydroxyl groups is 1. The standard InChI is InChI=1S/C17H24N2O2S/c1-3-18-16-14(11(2)10-20)8-12(9-15(16)22)17(21)19-13-6-4-5-7-13/h3,8-9,11,13,20,22H,4-7,10H2,1-2H3,(H,19,21). The molecule has 1 aliphatic rings. The minimum Gasteiger partial charge on any atom is -0.396 e. The Morgan fingerprint density at radius 3 is 2.77 bits per heavy atom. The predicted molar refractivity (Wildman–Crippen MR) is 92.7 cm³/mol. The number of thiol groups is 1. The van der Waals surface area contributed by atoms with E-state index in [9.17, 15) is 9.90 Å². The van der Waals surface area contributed by atoms with Crippen LogP contribution in [-0.2, 0) is 0 Å². The van der Waals surface area contributed by atoms with Gasteiger partial charge in [0.25, 0.3) is 5.91 Å². The molecule has 1 aromatic carbocycles. The van der Waals surface area contributed by atoms with Gasteiger partial charge < -0.3 is 10.4 Å². The summed E-state index contributed by atoms with van der Waals surface area (Å²) in [6, 6.07) is 3.86. The lowest BCUT2D eigenvalue weighted by Gasteiger charge is -2.17. The van der Waals surface area contributed by atoms with Crippen molar-refractivity contribution < 1.29 is 9.90 Å². The molecular formula is C17H24N2O2S. The third-order valence-corrected chi connectivity index (χ3v) is 4.48. The highest BCUT2D eigenvalue weighted by Crippen LogP contribution is 2.34. The van der Waals surface area contributed by atoms with E-state index >= 15 is 0 Å². The minimum absolute atomic E-state index is 0.00709. The molecular weight excluding hydrogens is 296 g/mol. The fourth-order valence-electron chi connectivity index (χ4n) is 2.85. The van der Waals surface area contributed by atoms with Crippen LogP contribution in [0.1, 0.15) is 61.4 Å². The average Bonchev–Trinajstić information content (AvgIpc) is 3.01. The number of rotatable bonds is 5. The molecule has 0 radical (unpaired) electrons. The van der Waals surface area contributed by atoms with Crippen LogP contribution in [0, 0.1) is 0 Å². The van der Waals surface area contributed by atoms with Gasteiger partial charge in [0, 0.05) is 35.2 Å². The van der Waals surface area contributed by atoms with Gasteiger partial charge in [0.15, 0.2) is 0 Å². The Morgan fingerprint density at radius 1 is 1.50 bits per heavy atom. The zero-order valence-corrected chi connectivity index (χ0v) is 14.1. The molecule has 0 heterocycles. The Hall–Kier alpha value is -1.33. The number of hydrogen-bond donors (Lipinski definition) is 3. The summed E-state index contributed by atoms with van der Waals surface area (Å²) < 4.78 is 0. The number of aliphatic imine (C=N–C) groups is 1. The number of benzene rings is 1. The van der Waals surface area contributed by atoms with Gasteiger partial charge in [-0.3, -0.25) is 9.79 Å². The summed E-state index contributed by atoms with van der Waals surface area (Å²) in [5.74, 6) is -0.163. The summed E-state index contributed by atoms with van der Waals surface area (Å²) in [7, 11) is 0. The van der Waals surface area contributed by atoms with Crippen molar-refractivity contribution in [2.75, 3.05) is 6.61 Å². The first-order valence-electron chi connectivity index (χ1n) is 7.84. The summed E-state index contributed by atoms with van der Waals surface area (Å²) in [4.78, 5) is 17.4. The van der Waals surface area contributed by atoms with Crippen LogP contribution in [0.3, 0.4) is 0 Å². The molecule has 0 aromatic heterocycles. The molecule has 22 heavy (non-hydrogen) atoms. The maximum absolute atomic E-state index is 12.4. The van der Waals surface area contributed by atoms with E-state index in [1.807, 2.05) is 19.9 Å². The average molecular weight is 320 g/mol. The van der Waals surface area contributed by atoms with E-state index in [0.717, 1.165) is 24.1 Å². The maximum Gasteiger partial charge on any atom is 0.251 e. The van der Waals surface area contributed by atoms with Gasteiger partial charge in [-0.2, -0.15) is 0 Å². The molecule has 1 atom stereocenters. The van der Waals surface area contributed by atoms with E-state index in [1.54, 1.807) is 12.3 Å². The highest BCUT2D eigenvalue weighted by atomic mass is 32.1. The molecule has 0 bridgehead atoms. The summed E-state index contributed by atoms with van der Waals surface area (Å²) >= 11 is 4.47. The van der Waals surface area contributed by atoms with Crippen LogP contribution in [0.2, 0.25) is 0 Å². The SMILES string of the molecule is CC=Nc1c(S)cc(C(=O)NC2CCCC2)cc1C(C)CO. The Bertz CT molecular complexity index is 566.